The number of rotatable bonds is 5. The van der Waals surface area contributed by atoms with Crippen molar-refractivity contribution in [3.8, 4) is 0 Å². The second kappa shape index (κ2) is 5.13. The second-order valence-corrected chi connectivity index (χ2v) is 5.95. The predicted octanol–water partition coefficient (Wildman–Crippen LogP) is 2.68. The molecule has 86 valence electrons. The normalized spacial score (nSPS) is 15.6. The van der Waals surface area contributed by atoms with Crippen LogP contribution < -0.4 is 5.32 Å². The van der Waals surface area contributed by atoms with E-state index in [4.69, 9.17) is 4.74 Å². The molecule has 0 rings (SSSR count). The highest BCUT2D eigenvalue weighted by atomic mass is 16.5. The quantitative estimate of drug-likeness (QED) is 0.738. The van der Waals surface area contributed by atoms with Crippen LogP contribution in [0.3, 0.4) is 0 Å². The molecule has 1 N–H and O–H groups in total. The van der Waals surface area contributed by atoms with Gasteiger partial charge in [0.05, 0.1) is 0 Å². The lowest BCUT2D eigenvalue weighted by Gasteiger charge is -2.35. The first-order valence-electron chi connectivity index (χ1n) is 5.43. The van der Waals surface area contributed by atoms with E-state index in [0.29, 0.717) is 5.92 Å². The Labute approximate surface area is 89.4 Å². The van der Waals surface area contributed by atoms with Crippen LogP contribution in [0, 0.1) is 11.3 Å². The topological polar surface area (TPSA) is 21.3 Å². The fourth-order valence-electron chi connectivity index (χ4n) is 1.14. The van der Waals surface area contributed by atoms with Crippen molar-refractivity contribution >= 4 is 0 Å². The van der Waals surface area contributed by atoms with Crippen LogP contribution in [0.25, 0.3) is 0 Å². The molecule has 0 saturated heterocycles. The summed E-state index contributed by atoms with van der Waals surface area (Å²) in [6.07, 6.45) is 0. The number of hydrogen-bond donors (Lipinski definition) is 1. The average Bonchev–Trinajstić information content (AvgIpc) is 2.00. The molecular formula is C12H27NO. The lowest BCUT2D eigenvalue weighted by atomic mass is 9.80. The van der Waals surface area contributed by atoms with E-state index in [1.54, 1.807) is 7.11 Å². The second-order valence-electron chi connectivity index (χ2n) is 5.95. The summed E-state index contributed by atoms with van der Waals surface area (Å²) in [5, 5.41) is 3.55. The molecular weight excluding hydrogens is 174 g/mol. The molecule has 2 heteroatoms. The minimum absolute atomic E-state index is 0.198. The zero-order valence-electron chi connectivity index (χ0n) is 10.9. The van der Waals surface area contributed by atoms with Crippen LogP contribution in [0.15, 0.2) is 0 Å². The largest absolute Gasteiger partial charge is 0.384 e. The van der Waals surface area contributed by atoms with Gasteiger partial charge in [-0.1, -0.05) is 20.8 Å². The molecule has 0 aromatic carbocycles. The van der Waals surface area contributed by atoms with Gasteiger partial charge in [0.25, 0.3) is 0 Å². The summed E-state index contributed by atoms with van der Waals surface area (Å²) in [6, 6.07) is 0. The summed E-state index contributed by atoms with van der Waals surface area (Å²) >= 11 is 0. The molecule has 14 heavy (non-hydrogen) atoms. The molecule has 0 aliphatic rings. The molecule has 0 heterocycles. The van der Waals surface area contributed by atoms with Crippen molar-refractivity contribution in [3.63, 3.8) is 0 Å². The zero-order chi connectivity index (χ0) is 11.4. The highest BCUT2D eigenvalue weighted by Gasteiger charge is 2.27. The van der Waals surface area contributed by atoms with Gasteiger partial charge in [0.15, 0.2) is 0 Å². The van der Waals surface area contributed by atoms with Crippen LogP contribution in [-0.2, 0) is 4.74 Å². The average molecular weight is 201 g/mol. The van der Waals surface area contributed by atoms with Gasteiger partial charge in [-0.05, 0) is 32.1 Å². The molecule has 2 nitrogen and oxygen atoms in total. The van der Waals surface area contributed by atoms with Gasteiger partial charge in [0, 0.05) is 25.8 Å². The van der Waals surface area contributed by atoms with Crippen molar-refractivity contribution in [1.29, 1.82) is 0 Å². The Morgan fingerprint density at radius 3 is 2.00 bits per heavy atom. The molecule has 0 saturated carbocycles. The van der Waals surface area contributed by atoms with E-state index in [2.05, 4.69) is 46.9 Å². The molecule has 0 aromatic heterocycles. The first kappa shape index (κ1) is 13.9. The molecule has 0 amide bonds. The van der Waals surface area contributed by atoms with Crippen molar-refractivity contribution in [2.24, 2.45) is 11.3 Å². The monoisotopic (exact) mass is 201 g/mol. The summed E-state index contributed by atoms with van der Waals surface area (Å²) in [4.78, 5) is 0. The lowest BCUT2D eigenvalue weighted by molar-refractivity contribution is 0.0867. The number of methoxy groups -OCH3 is 1. The zero-order valence-corrected chi connectivity index (χ0v) is 10.9. The van der Waals surface area contributed by atoms with Crippen molar-refractivity contribution in [3.05, 3.63) is 0 Å². The number of nitrogens with one attached hydrogen (secondary N) is 1. The SMILES string of the molecule is COCC(C)C(C)(C)CNC(C)(C)C. The Bertz CT molecular complexity index is 158. The lowest BCUT2D eigenvalue weighted by Crippen LogP contribution is -2.44. The maximum atomic E-state index is 5.19. The Morgan fingerprint density at radius 2 is 1.64 bits per heavy atom. The summed E-state index contributed by atoms with van der Waals surface area (Å²) in [7, 11) is 1.77. The van der Waals surface area contributed by atoms with Gasteiger partial charge in [-0.15, -0.1) is 0 Å². The summed E-state index contributed by atoms with van der Waals surface area (Å²) in [5.74, 6) is 0.572. The molecule has 1 atom stereocenters. The highest BCUT2D eigenvalue weighted by Crippen LogP contribution is 2.26. The van der Waals surface area contributed by atoms with Gasteiger partial charge in [-0.3, -0.25) is 0 Å². The van der Waals surface area contributed by atoms with E-state index < -0.39 is 0 Å². The van der Waals surface area contributed by atoms with Gasteiger partial charge in [0.1, 0.15) is 0 Å². The highest BCUT2D eigenvalue weighted by molar-refractivity contribution is 4.81. The first-order chi connectivity index (χ1) is 6.19. The molecule has 0 aromatic rings. The fourth-order valence-corrected chi connectivity index (χ4v) is 1.14. The molecule has 0 aliphatic heterocycles. The third-order valence-corrected chi connectivity index (χ3v) is 2.83. The van der Waals surface area contributed by atoms with Crippen LogP contribution in [-0.4, -0.2) is 25.8 Å². The van der Waals surface area contributed by atoms with Crippen molar-refractivity contribution in [2.45, 2.75) is 47.1 Å². The minimum atomic E-state index is 0.198. The van der Waals surface area contributed by atoms with Crippen LogP contribution in [0.5, 0.6) is 0 Å². The maximum absolute atomic E-state index is 5.19. The van der Waals surface area contributed by atoms with Crippen molar-refractivity contribution < 1.29 is 4.74 Å². The smallest absolute Gasteiger partial charge is 0.0493 e. The van der Waals surface area contributed by atoms with Gasteiger partial charge in [-0.25, -0.2) is 0 Å². The van der Waals surface area contributed by atoms with Crippen LogP contribution in [0.4, 0.5) is 0 Å². The Kier molecular flexibility index (Phi) is 5.10. The third kappa shape index (κ3) is 5.61. The predicted molar refractivity (Wildman–Crippen MR) is 62.6 cm³/mol. The van der Waals surface area contributed by atoms with E-state index >= 15 is 0 Å². The number of hydrogen-bond acceptors (Lipinski definition) is 2. The molecule has 1 unspecified atom stereocenters. The van der Waals surface area contributed by atoms with Crippen molar-refractivity contribution in [1.82, 2.24) is 5.32 Å². The van der Waals surface area contributed by atoms with E-state index in [-0.39, 0.29) is 11.0 Å². The molecule has 0 bridgehead atoms. The van der Waals surface area contributed by atoms with E-state index in [0.717, 1.165) is 13.2 Å². The fraction of sp³-hybridized carbons (Fsp3) is 1.00. The van der Waals surface area contributed by atoms with Gasteiger partial charge in [0.2, 0.25) is 0 Å². The van der Waals surface area contributed by atoms with Gasteiger partial charge < -0.3 is 10.1 Å². The summed E-state index contributed by atoms with van der Waals surface area (Å²) < 4.78 is 5.19. The van der Waals surface area contributed by atoms with Gasteiger partial charge >= 0.3 is 0 Å². The van der Waals surface area contributed by atoms with Crippen LogP contribution >= 0.6 is 0 Å². The molecule has 0 radical (unpaired) electrons. The molecule has 0 spiro atoms. The van der Waals surface area contributed by atoms with E-state index in [1.165, 1.54) is 0 Å². The van der Waals surface area contributed by atoms with E-state index in [1.807, 2.05) is 0 Å². The summed E-state index contributed by atoms with van der Waals surface area (Å²) in [5.41, 5.74) is 0.480. The molecule has 0 fully saturated rings. The Balaban J connectivity index is 4.06. The van der Waals surface area contributed by atoms with Gasteiger partial charge in [-0.2, -0.15) is 0 Å². The van der Waals surface area contributed by atoms with Crippen LogP contribution in [0.1, 0.15) is 41.5 Å². The maximum Gasteiger partial charge on any atom is 0.0493 e. The van der Waals surface area contributed by atoms with Crippen LogP contribution in [0.2, 0.25) is 0 Å². The third-order valence-electron chi connectivity index (χ3n) is 2.83. The summed E-state index contributed by atoms with van der Waals surface area (Å²) in [6.45, 7) is 15.3. The van der Waals surface area contributed by atoms with Crippen molar-refractivity contribution in [2.75, 3.05) is 20.3 Å². The number of ether oxygens (including phenoxy) is 1. The Morgan fingerprint density at radius 1 is 1.14 bits per heavy atom. The Hall–Kier alpha value is -0.0800. The molecule has 0 aliphatic carbocycles. The first-order valence-corrected chi connectivity index (χ1v) is 5.43. The van der Waals surface area contributed by atoms with E-state index in [9.17, 15) is 0 Å². The minimum Gasteiger partial charge on any atom is -0.384 e. The standard InChI is InChI=1S/C12H27NO/c1-10(8-14-7)12(5,6)9-13-11(2,3)4/h10,13H,8-9H2,1-7H3.